The minimum absolute atomic E-state index is 0.491. The summed E-state index contributed by atoms with van der Waals surface area (Å²) in [7, 11) is 8.16. The Bertz CT molecular complexity index is 679. The van der Waals surface area contributed by atoms with Gasteiger partial charge < -0.3 is 9.80 Å². The lowest BCUT2D eigenvalue weighted by Crippen LogP contribution is -2.33. The van der Waals surface area contributed by atoms with Crippen molar-refractivity contribution in [1.29, 1.82) is 0 Å². The highest BCUT2D eigenvalue weighted by Crippen LogP contribution is 2.32. The van der Waals surface area contributed by atoms with Crippen LogP contribution in [0.4, 0.5) is 5.95 Å². The maximum atomic E-state index is 4.46. The Kier molecular flexibility index (Phi) is 6.22. The third kappa shape index (κ3) is 4.80. The van der Waals surface area contributed by atoms with Gasteiger partial charge in [0.1, 0.15) is 0 Å². The van der Waals surface area contributed by atoms with Crippen molar-refractivity contribution in [1.82, 2.24) is 19.8 Å². The van der Waals surface area contributed by atoms with E-state index < -0.39 is 0 Å². The van der Waals surface area contributed by atoms with Crippen molar-refractivity contribution >= 4 is 5.95 Å². The first-order chi connectivity index (χ1) is 12.5. The van der Waals surface area contributed by atoms with Gasteiger partial charge in [0.25, 0.3) is 0 Å². The maximum Gasteiger partial charge on any atom is 0.224 e. The number of rotatable bonds is 6. The number of benzene rings is 1. The summed E-state index contributed by atoms with van der Waals surface area (Å²) in [5.74, 6) is 0.764. The summed E-state index contributed by atoms with van der Waals surface area (Å²) in [6.45, 7) is 3.04. The molecule has 1 fully saturated rings. The number of piperidine rings is 1. The lowest BCUT2D eigenvalue weighted by Gasteiger charge is -2.36. The molecular formula is C21H31N5. The minimum atomic E-state index is 0.491. The Morgan fingerprint density at radius 3 is 2.27 bits per heavy atom. The summed E-state index contributed by atoms with van der Waals surface area (Å²) in [4.78, 5) is 15.7. The molecule has 0 amide bonds. The first-order valence-electron chi connectivity index (χ1n) is 9.49. The summed E-state index contributed by atoms with van der Waals surface area (Å²) >= 11 is 0. The van der Waals surface area contributed by atoms with Gasteiger partial charge in [-0.1, -0.05) is 30.7 Å². The monoisotopic (exact) mass is 353 g/mol. The molecule has 0 bridgehead atoms. The van der Waals surface area contributed by atoms with Gasteiger partial charge >= 0.3 is 0 Å². The number of likely N-dealkylation sites (tertiary alicyclic amines) is 1. The van der Waals surface area contributed by atoms with E-state index in [0.29, 0.717) is 6.04 Å². The van der Waals surface area contributed by atoms with Crippen LogP contribution in [-0.2, 0) is 13.1 Å². The van der Waals surface area contributed by atoms with Crippen LogP contribution in [0.5, 0.6) is 0 Å². The molecule has 5 heteroatoms. The maximum absolute atomic E-state index is 4.46. The van der Waals surface area contributed by atoms with Crippen molar-refractivity contribution in [3.63, 3.8) is 0 Å². The van der Waals surface area contributed by atoms with Crippen LogP contribution in [0.3, 0.4) is 0 Å². The van der Waals surface area contributed by atoms with Crippen molar-refractivity contribution in [3.8, 4) is 0 Å². The number of hydrogen-bond donors (Lipinski definition) is 0. The SMILES string of the molecule is CN(C)Cc1ccc([C@@H]2CCCCN2Cc2cnc(N(C)C)nc2)cc1. The molecule has 1 saturated heterocycles. The van der Waals surface area contributed by atoms with Gasteiger partial charge in [-0.25, -0.2) is 9.97 Å². The summed E-state index contributed by atoms with van der Waals surface area (Å²) in [5, 5.41) is 0. The average Bonchev–Trinajstić information content (AvgIpc) is 2.63. The van der Waals surface area contributed by atoms with Gasteiger partial charge in [-0.05, 0) is 44.6 Å². The normalized spacial score (nSPS) is 18.3. The van der Waals surface area contributed by atoms with E-state index in [4.69, 9.17) is 0 Å². The molecule has 26 heavy (non-hydrogen) atoms. The van der Waals surface area contributed by atoms with E-state index in [9.17, 15) is 0 Å². The molecule has 0 N–H and O–H groups in total. The molecule has 5 nitrogen and oxygen atoms in total. The highest BCUT2D eigenvalue weighted by molar-refractivity contribution is 5.28. The second-order valence-electron chi connectivity index (χ2n) is 7.75. The van der Waals surface area contributed by atoms with Gasteiger partial charge in [0.15, 0.2) is 0 Å². The largest absolute Gasteiger partial charge is 0.347 e. The molecule has 1 aliphatic rings. The summed E-state index contributed by atoms with van der Waals surface area (Å²) in [6, 6.07) is 9.67. The van der Waals surface area contributed by atoms with Crippen LogP contribution in [0, 0.1) is 0 Å². The van der Waals surface area contributed by atoms with Crippen LogP contribution in [0.15, 0.2) is 36.7 Å². The second-order valence-corrected chi connectivity index (χ2v) is 7.75. The first-order valence-corrected chi connectivity index (χ1v) is 9.49. The van der Waals surface area contributed by atoms with Crippen molar-refractivity contribution < 1.29 is 0 Å². The van der Waals surface area contributed by atoms with E-state index in [-0.39, 0.29) is 0 Å². The molecule has 1 aliphatic heterocycles. The van der Waals surface area contributed by atoms with E-state index in [1.165, 1.54) is 36.0 Å². The van der Waals surface area contributed by atoms with Crippen molar-refractivity contribution in [2.45, 2.75) is 38.4 Å². The topological polar surface area (TPSA) is 35.5 Å². The van der Waals surface area contributed by atoms with Crippen LogP contribution < -0.4 is 4.90 Å². The molecule has 0 radical (unpaired) electrons. The highest BCUT2D eigenvalue weighted by atomic mass is 15.2. The zero-order chi connectivity index (χ0) is 18.5. The standard InChI is InChI=1S/C21H31N5/c1-24(2)15-17-8-10-19(11-9-17)20-7-5-6-12-26(20)16-18-13-22-21(23-14-18)25(3)4/h8-11,13-14,20H,5-7,12,15-16H2,1-4H3/t20-/m0/s1. The summed E-state index contributed by atoms with van der Waals surface area (Å²) in [5.41, 5.74) is 3.98. The summed E-state index contributed by atoms with van der Waals surface area (Å²) < 4.78 is 0. The Hall–Kier alpha value is -1.98. The fourth-order valence-electron chi connectivity index (χ4n) is 3.66. The summed E-state index contributed by atoms with van der Waals surface area (Å²) in [6.07, 6.45) is 7.73. The van der Waals surface area contributed by atoms with E-state index in [1.807, 2.05) is 31.4 Å². The van der Waals surface area contributed by atoms with Crippen molar-refractivity contribution in [2.75, 3.05) is 39.6 Å². The van der Waals surface area contributed by atoms with E-state index in [1.54, 1.807) is 0 Å². The molecule has 0 unspecified atom stereocenters. The Balaban J connectivity index is 1.71. The molecule has 140 valence electrons. The zero-order valence-electron chi connectivity index (χ0n) is 16.5. The predicted molar refractivity (Wildman–Crippen MR) is 107 cm³/mol. The lowest BCUT2D eigenvalue weighted by molar-refractivity contribution is 0.140. The van der Waals surface area contributed by atoms with Crippen LogP contribution in [-0.4, -0.2) is 54.5 Å². The van der Waals surface area contributed by atoms with Crippen molar-refractivity contribution in [3.05, 3.63) is 53.3 Å². The molecule has 3 rings (SSSR count). The van der Waals surface area contributed by atoms with Gasteiger partial charge in [-0.2, -0.15) is 0 Å². The van der Waals surface area contributed by atoms with Crippen LogP contribution in [0.25, 0.3) is 0 Å². The average molecular weight is 354 g/mol. The molecule has 0 saturated carbocycles. The Morgan fingerprint density at radius 1 is 0.962 bits per heavy atom. The zero-order valence-corrected chi connectivity index (χ0v) is 16.5. The quantitative estimate of drug-likeness (QED) is 0.796. The molecule has 2 aromatic rings. The van der Waals surface area contributed by atoms with Gasteiger partial charge in [0.05, 0.1) is 0 Å². The van der Waals surface area contributed by atoms with Gasteiger partial charge in [-0.3, -0.25) is 4.90 Å². The molecule has 0 spiro atoms. The number of anilines is 1. The Labute approximate surface area is 157 Å². The molecule has 1 aromatic carbocycles. The molecule has 2 heterocycles. The third-order valence-corrected chi connectivity index (χ3v) is 4.95. The van der Waals surface area contributed by atoms with E-state index in [2.05, 4.69) is 58.1 Å². The molecule has 1 atom stereocenters. The fourth-order valence-corrected chi connectivity index (χ4v) is 3.66. The number of aromatic nitrogens is 2. The predicted octanol–water partition coefficient (Wildman–Crippen LogP) is 3.33. The van der Waals surface area contributed by atoms with E-state index >= 15 is 0 Å². The third-order valence-electron chi connectivity index (χ3n) is 4.95. The van der Waals surface area contributed by atoms with Crippen LogP contribution in [0.1, 0.15) is 42.0 Å². The highest BCUT2D eigenvalue weighted by Gasteiger charge is 2.24. The first kappa shape index (κ1) is 18.8. The molecule has 0 aliphatic carbocycles. The van der Waals surface area contributed by atoms with Gasteiger partial charge in [0, 0.05) is 51.2 Å². The molecular weight excluding hydrogens is 322 g/mol. The van der Waals surface area contributed by atoms with Gasteiger partial charge in [-0.15, -0.1) is 0 Å². The van der Waals surface area contributed by atoms with Crippen molar-refractivity contribution in [2.24, 2.45) is 0 Å². The minimum Gasteiger partial charge on any atom is -0.347 e. The molecule has 1 aromatic heterocycles. The van der Waals surface area contributed by atoms with Crippen LogP contribution >= 0.6 is 0 Å². The second kappa shape index (κ2) is 8.60. The smallest absolute Gasteiger partial charge is 0.224 e. The van der Waals surface area contributed by atoms with Crippen LogP contribution in [0.2, 0.25) is 0 Å². The lowest BCUT2D eigenvalue weighted by atomic mass is 9.94. The number of hydrogen-bond acceptors (Lipinski definition) is 5. The van der Waals surface area contributed by atoms with E-state index in [0.717, 1.165) is 25.6 Å². The fraction of sp³-hybridized carbons (Fsp3) is 0.524. The number of nitrogens with zero attached hydrogens (tertiary/aromatic N) is 5. The van der Waals surface area contributed by atoms with Gasteiger partial charge in [0.2, 0.25) is 5.95 Å². The Morgan fingerprint density at radius 2 is 1.65 bits per heavy atom.